The molecule has 0 heterocycles. The fourth-order valence-electron chi connectivity index (χ4n) is 9.72. The van der Waals surface area contributed by atoms with Crippen molar-refractivity contribution in [1.82, 2.24) is 0 Å². The first kappa shape index (κ1) is 83.1. The van der Waals surface area contributed by atoms with Gasteiger partial charge in [-0.25, -0.2) is 9.13 Å². The van der Waals surface area contributed by atoms with Gasteiger partial charge in [0, 0.05) is 25.7 Å². The van der Waals surface area contributed by atoms with E-state index in [1.807, 2.05) is 0 Å². The van der Waals surface area contributed by atoms with Crippen molar-refractivity contribution in [3.63, 3.8) is 0 Å². The summed E-state index contributed by atoms with van der Waals surface area (Å²) < 4.78 is 68.1. The lowest BCUT2D eigenvalue weighted by atomic mass is 9.99. The van der Waals surface area contributed by atoms with E-state index in [0.29, 0.717) is 31.6 Å². The Labute approximate surface area is 517 Å². The molecular formula is C66H128O17P2. The molecule has 0 saturated heterocycles. The van der Waals surface area contributed by atoms with E-state index < -0.39 is 97.5 Å². The fraction of sp³-hybridized carbons (Fsp3) is 0.939. The maximum Gasteiger partial charge on any atom is 0.472 e. The normalized spacial score (nSPS) is 15.0. The summed E-state index contributed by atoms with van der Waals surface area (Å²) in [5.74, 6) is 0.807. The minimum Gasteiger partial charge on any atom is -0.462 e. The molecule has 7 atom stereocenters. The Bertz CT molecular complexity index is 1700. The van der Waals surface area contributed by atoms with Gasteiger partial charge in [0.2, 0.25) is 0 Å². The van der Waals surface area contributed by atoms with Crippen LogP contribution >= 0.6 is 15.6 Å². The summed E-state index contributed by atoms with van der Waals surface area (Å²) in [5.41, 5.74) is 0. The average Bonchev–Trinajstić information content (AvgIpc) is 3.51. The summed E-state index contributed by atoms with van der Waals surface area (Å²) in [6.07, 6.45) is 36.3. The predicted molar refractivity (Wildman–Crippen MR) is 340 cm³/mol. The van der Waals surface area contributed by atoms with Crippen LogP contribution in [0.5, 0.6) is 0 Å². The topological polar surface area (TPSA) is 237 Å². The number of hydrogen-bond acceptors (Lipinski definition) is 15. The van der Waals surface area contributed by atoms with E-state index in [2.05, 4.69) is 55.4 Å². The molecule has 0 aliphatic heterocycles. The van der Waals surface area contributed by atoms with Gasteiger partial charge in [0.05, 0.1) is 26.4 Å². The van der Waals surface area contributed by atoms with E-state index in [1.165, 1.54) is 116 Å². The maximum absolute atomic E-state index is 13.0. The van der Waals surface area contributed by atoms with Crippen LogP contribution in [-0.2, 0) is 65.4 Å². The molecule has 3 N–H and O–H groups in total. The van der Waals surface area contributed by atoms with Crippen LogP contribution < -0.4 is 0 Å². The highest BCUT2D eigenvalue weighted by atomic mass is 31.2. The number of carbonyl (C=O) groups excluding carboxylic acids is 4. The van der Waals surface area contributed by atoms with E-state index >= 15 is 0 Å². The molecule has 0 saturated carbocycles. The zero-order chi connectivity index (χ0) is 63.2. The van der Waals surface area contributed by atoms with E-state index in [1.54, 1.807) is 0 Å². The Morgan fingerprint density at radius 2 is 0.565 bits per heavy atom. The summed E-state index contributed by atoms with van der Waals surface area (Å²) in [4.78, 5) is 72.3. The standard InChI is InChI=1S/C66H128O17P2/c1-9-58(7)44-36-28-19-15-11-12-16-21-32-40-48-65(70)82-61(52-76-63(68)46-38-30-20-17-13-14-18-26-34-42-56(3)4)54-80-84(72,73)78-50-60(67)51-79-85(74,75)81-55-62(83-66(71)49-41-33-24-22-27-35-43-57(5)6)53-77-64(69)47-39-31-25-23-29-37-45-59(8)10-2/h56-62,67H,9-55H2,1-8H3,(H,72,73)(H,74,75)/t58?,59?,60-,61-,62-/m1/s1. The van der Waals surface area contributed by atoms with Crippen LogP contribution in [0.4, 0.5) is 0 Å². The molecule has 85 heavy (non-hydrogen) atoms. The number of rotatable bonds is 63. The Kier molecular flexibility index (Phi) is 54.8. The Balaban J connectivity index is 5.26. The van der Waals surface area contributed by atoms with Crippen molar-refractivity contribution in [1.29, 1.82) is 0 Å². The second kappa shape index (κ2) is 56.1. The van der Waals surface area contributed by atoms with Gasteiger partial charge in [-0.1, -0.05) is 267 Å². The van der Waals surface area contributed by atoms with Gasteiger partial charge in [0.1, 0.15) is 19.3 Å². The van der Waals surface area contributed by atoms with Crippen LogP contribution in [0.25, 0.3) is 0 Å². The number of aliphatic hydroxyl groups excluding tert-OH is 1. The van der Waals surface area contributed by atoms with E-state index in [9.17, 15) is 43.2 Å². The molecule has 0 aromatic heterocycles. The Morgan fingerprint density at radius 1 is 0.329 bits per heavy atom. The first-order valence-electron chi connectivity index (χ1n) is 34.3. The minimum atomic E-state index is -4.95. The van der Waals surface area contributed by atoms with E-state index in [0.717, 1.165) is 114 Å². The monoisotopic (exact) mass is 1250 g/mol. The molecule has 0 aromatic rings. The van der Waals surface area contributed by atoms with Crippen LogP contribution in [0.1, 0.15) is 319 Å². The van der Waals surface area contributed by atoms with Gasteiger partial charge in [0.15, 0.2) is 12.2 Å². The number of hydrogen-bond donors (Lipinski definition) is 3. The molecule has 0 aliphatic rings. The predicted octanol–water partition coefficient (Wildman–Crippen LogP) is 18.1. The molecule has 0 spiro atoms. The summed E-state index contributed by atoms with van der Waals surface area (Å²) in [6.45, 7) is 14.0. The fourth-order valence-corrected chi connectivity index (χ4v) is 11.3. The quantitative estimate of drug-likeness (QED) is 0.0222. The van der Waals surface area contributed by atoms with Crippen molar-refractivity contribution < 1.29 is 80.2 Å². The third kappa shape index (κ3) is 58.2. The van der Waals surface area contributed by atoms with Gasteiger partial charge in [-0.05, 0) is 49.4 Å². The van der Waals surface area contributed by atoms with Gasteiger partial charge in [-0.3, -0.25) is 37.3 Å². The smallest absolute Gasteiger partial charge is 0.462 e. The van der Waals surface area contributed by atoms with Crippen molar-refractivity contribution >= 4 is 39.5 Å². The number of phosphoric ester groups is 2. The molecule has 0 amide bonds. The molecule has 0 fully saturated rings. The van der Waals surface area contributed by atoms with Crippen molar-refractivity contribution in [2.45, 2.75) is 337 Å². The van der Waals surface area contributed by atoms with E-state index in [-0.39, 0.29) is 25.7 Å². The molecule has 504 valence electrons. The zero-order valence-corrected chi connectivity index (χ0v) is 57.0. The van der Waals surface area contributed by atoms with Crippen molar-refractivity contribution in [3.8, 4) is 0 Å². The second-order valence-corrected chi connectivity index (χ2v) is 28.2. The third-order valence-corrected chi connectivity index (χ3v) is 17.7. The van der Waals surface area contributed by atoms with Gasteiger partial charge < -0.3 is 33.8 Å². The molecule has 0 bridgehead atoms. The molecule has 0 radical (unpaired) electrons. The first-order chi connectivity index (χ1) is 40.7. The average molecular weight is 1260 g/mol. The summed E-state index contributed by atoms with van der Waals surface area (Å²) >= 11 is 0. The SMILES string of the molecule is CCC(C)CCCCCCCCCCCCC(=O)O[C@H](COC(=O)CCCCCCCCCCCC(C)C)COP(=O)(O)OC[C@@H](O)COP(=O)(O)OC[C@@H](COC(=O)CCCCCCCCC(C)CC)OC(=O)CCCCCCCCC(C)C. The molecule has 0 aliphatic carbocycles. The van der Waals surface area contributed by atoms with Gasteiger partial charge in [-0.2, -0.15) is 0 Å². The van der Waals surface area contributed by atoms with E-state index in [4.69, 9.17) is 37.0 Å². The Hall–Kier alpha value is -1.94. The minimum absolute atomic E-state index is 0.101. The van der Waals surface area contributed by atoms with Crippen LogP contribution in [0.2, 0.25) is 0 Å². The highest BCUT2D eigenvalue weighted by molar-refractivity contribution is 7.47. The van der Waals surface area contributed by atoms with Crippen molar-refractivity contribution in [2.24, 2.45) is 23.7 Å². The highest BCUT2D eigenvalue weighted by Crippen LogP contribution is 2.45. The number of unbranched alkanes of at least 4 members (excludes halogenated alkanes) is 27. The largest absolute Gasteiger partial charge is 0.472 e. The number of carbonyl (C=O) groups is 4. The highest BCUT2D eigenvalue weighted by Gasteiger charge is 2.30. The first-order valence-corrected chi connectivity index (χ1v) is 37.3. The number of ether oxygens (including phenoxy) is 4. The van der Waals surface area contributed by atoms with Crippen LogP contribution in [0.15, 0.2) is 0 Å². The van der Waals surface area contributed by atoms with Gasteiger partial charge in [0.25, 0.3) is 0 Å². The lowest BCUT2D eigenvalue weighted by Crippen LogP contribution is -2.30. The second-order valence-electron chi connectivity index (χ2n) is 25.3. The molecule has 19 heteroatoms. The molecule has 4 unspecified atom stereocenters. The summed E-state index contributed by atoms with van der Waals surface area (Å²) in [7, 11) is -9.89. The molecule has 0 rings (SSSR count). The number of aliphatic hydroxyl groups is 1. The molecule has 17 nitrogen and oxygen atoms in total. The maximum atomic E-state index is 13.0. The number of phosphoric acid groups is 2. The number of esters is 4. The van der Waals surface area contributed by atoms with Crippen LogP contribution in [0, 0.1) is 23.7 Å². The molecule has 0 aromatic carbocycles. The third-order valence-electron chi connectivity index (χ3n) is 15.8. The summed E-state index contributed by atoms with van der Waals surface area (Å²) in [5, 5.41) is 10.5. The molecular weight excluding hydrogens is 1130 g/mol. The van der Waals surface area contributed by atoms with Crippen molar-refractivity contribution in [3.05, 3.63) is 0 Å². The summed E-state index contributed by atoms with van der Waals surface area (Å²) in [6, 6.07) is 0. The lowest BCUT2D eigenvalue weighted by molar-refractivity contribution is -0.161. The Morgan fingerprint density at radius 3 is 0.835 bits per heavy atom. The van der Waals surface area contributed by atoms with Crippen LogP contribution in [-0.4, -0.2) is 96.7 Å². The zero-order valence-electron chi connectivity index (χ0n) is 55.2. The van der Waals surface area contributed by atoms with Crippen molar-refractivity contribution in [2.75, 3.05) is 39.6 Å². The lowest BCUT2D eigenvalue weighted by Gasteiger charge is -2.21. The van der Waals surface area contributed by atoms with Gasteiger partial charge >= 0.3 is 39.5 Å². The van der Waals surface area contributed by atoms with Crippen LogP contribution in [0.3, 0.4) is 0 Å². The van der Waals surface area contributed by atoms with Gasteiger partial charge in [-0.15, -0.1) is 0 Å².